The van der Waals surface area contributed by atoms with Crippen LogP contribution in [0.4, 0.5) is 0 Å². The molecule has 8 nitrogen and oxygen atoms in total. The SMILES string of the molecule is NC(=O)C1=NC(CCCCC2CCOC(C(N)=O)=N2)CCO1. The van der Waals surface area contributed by atoms with Crippen LogP contribution in [-0.2, 0) is 19.1 Å². The lowest BCUT2D eigenvalue weighted by Crippen LogP contribution is -2.32. The highest BCUT2D eigenvalue weighted by molar-refractivity contribution is 6.35. The number of unbranched alkanes of at least 4 members (excludes halogenated alkanes) is 1. The lowest BCUT2D eigenvalue weighted by Gasteiger charge is -2.21. The summed E-state index contributed by atoms with van der Waals surface area (Å²) in [5.41, 5.74) is 10.3. The van der Waals surface area contributed by atoms with E-state index in [0.29, 0.717) is 13.2 Å². The van der Waals surface area contributed by atoms with E-state index in [1.54, 1.807) is 0 Å². The van der Waals surface area contributed by atoms with Gasteiger partial charge in [0.1, 0.15) is 0 Å². The Balaban J connectivity index is 1.71. The Bertz CT molecular complexity index is 445. The number of primary amides is 2. The molecular weight excluding hydrogens is 288 g/mol. The van der Waals surface area contributed by atoms with Gasteiger partial charge < -0.3 is 20.9 Å². The number of nitrogens with zero attached hydrogens (tertiary/aromatic N) is 2. The Morgan fingerprint density at radius 1 is 0.909 bits per heavy atom. The zero-order chi connectivity index (χ0) is 15.9. The van der Waals surface area contributed by atoms with E-state index < -0.39 is 11.8 Å². The second kappa shape index (κ2) is 7.77. The van der Waals surface area contributed by atoms with Crippen LogP contribution in [-0.4, -0.2) is 48.9 Å². The van der Waals surface area contributed by atoms with Crippen molar-refractivity contribution in [3.8, 4) is 0 Å². The molecule has 2 rings (SSSR count). The molecule has 2 aliphatic heterocycles. The van der Waals surface area contributed by atoms with E-state index >= 15 is 0 Å². The molecule has 0 saturated heterocycles. The van der Waals surface area contributed by atoms with Crippen LogP contribution in [0.5, 0.6) is 0 Å². The fraction of sp³-hybridized carbons (Fsp3) is 0.714. The van der Waals surface area contributed by atoms with Gasteiger partial charge in [0, 0.05) is 12.8 Å². The molecule has 22 heavy (non-hydrogen) atoms. The molecule has 122 valence electrons. The third kappa shape index (κ3) is 4.71. The number of ether oxygens (including phenoxy) is 2. The predicted octanol–water partition coefficient (Wildman–Crippen LogP) is -0.108. The molecule has 0 radical (unpaired) electrons. The topological polar surface area (TPSA) is 129 Å². The van der Waals surface area contributed by atoms with Crippen molar-refractivity contribution in [1.29, 1.82) is 0 Å². The second-order valence-electron chi connectivity index (χ2n) is 5.46. The van der Waals surface area contributed by atoms with Crippen LogP contribution in [0.1, 0.15) is 38.5 Å². The first-order valence-corrected chi connectivity index (χ1v) is 7.57. The zero-order valence-corrected chi connectivity index (χ0v) is 12.5. The molecule has 4 N–H and O–H groups in total. The summed E-state index contributed by atoms with van der Waals surface area (Å²) < 4.78 is 10.2. The molecule has 0 aliphatic carbocycles. The fourth-order valence-electron chi connectivity index (χ4n) is 2.57. The first-order chi connectivity index (χ1) is 10.6. The summed E-state index contributed by atoms with van der Waals surface area (Å²) >= 11 is 0. The standard InChI is InChI=1S/C14H22N4O4/c15-11(19)13-17-9(5-7-21-13)3-1-2-4-10-6-8-22-14(18-10)12(16)20/h9-10H,1-8H2,(H2,15,19)(H2,16,20). The van der Waals surface area contributed by atoms with Gasteiger partial charge in [-0.3, -0.25) is 9.59 Å². The molecule has 8 heteroatoms. The van der Waals surface area contributed by atoms with Gasteiger partial charge in [-0.1, -0.05) is 12.8 Å². The molecule has 0 bridgehead atoms. The minimum Gasteiger partial charge on any atom is -0.474 e. The molecule has 2 heterocycles. The summed E-state index contributed by atoms with van der Waals surface area (Å²) in [5, 5.41) is 0. The van der Waals surface area contributed by atoms with Crippen LogP contribution in [0.25, 0.3) is 0 Å². The molecule has 2 aliphatic rings. The van der Waals surface area contributed by atoms with Gasteiger partial charge in [-0.25, -0.2) is 9.98 Å². The first-order valence-electron chi connectivity index (χ1n) is 7.57. The number of rotatable bonds is 7. The van der Waals surface area contributed by atoms with Gasteiger partial charge in [0.25, 0.3) is 11.8 Å². The Kier molecular flexibility index (Phi) is 5.74. The van der Waals surface area contributed by atoms with Gasteiger partial charge in [-0.15, -0.1) is 0 Å². The maximum absolute atomic E-state index is 11.0. The molecule has 2 amide bonds. The van der Waals surface area contributed by atoms with Gasteiger partial charge in [0.15, 0.2) is 0 Å². The average molecular weight is 310 g/mol. The smallest absolute Gasteiger partial charge is 0.303 e. The molecular formula is C14H22N4O4. The van der Waals surface area contributed by atoms with E-state index in [1.807, 2.05) is 0 Å². The van der Waals surface area contributed by atoms with Crippen molar-refractivity contribution in [2.75, 3.05) is 13.2 Å². The van der Waals surface area contributed by atoms with Crippen LogP contribution in [0.3, 0.4) is 0 Å². The fourth-order valence-corrected chi connectivity index (χ4v) is 2.57. The minimum atomic E-state index is -0.611. The van der Waals surface area contributed by atoms with Crippen molar-refractivity contribution < 1.29 is 19.1 Å². The summed E-state index contributed by atoms with van der Waals surface area (Å²) in [4.78, 5) is 30.5. The van der Waals surface area contributed by atoms with Crippen molar-refractivity contribution >= 4 is 23.6 Å². The van der Waals surface area contributed by atoms with Crippen molar-refractivity contribution in [2.45, 2.75) is 50.6 Å². The maximum atomic E-state index is 11.0. The predicted molar refractivity (Wildman–Crippen MR) is 80.4 cm³/mol. The summed E-state index contributed by atoms with van der Waals surface area (Å²) in [6.07, 6.45) is 5.32. The lowest BCUT2D eigenvalue weighted by molar-refractivity contribution is -0.114. The van der Waals surface area contributed by atoms with E-state index in [0.717, 1.165) is 38.5 Å². The van der Waals surface area contributed by atoms with E-state index in [4.69, 9.17) is 20.9 Å². The molecule has 0 spiro atoms. The highest BCUT2D eigenvalue weighted by Gasteiger charge is 2.21. The number of carbonyl (C=O) groups is 2. The van der Waals surface area contributed by atoms with Crippen LogP contribution in [0.15, 0.2) is 9.98 Å². The van der Waals surface area contributed by atoms with Crippen LogP contribution in [0.2, 0.25) is 0 Å². The third-order valence-corrected chi connectivity index (χ3v) is 3.73. The number of aliphatic imine (C=N–C) groups is 2. The average Bonchev–Trinajstić information content (AvgIpc) is 2.52. The molecule has 0 aromatic heterocycles. The van der Waals surface area contributed by atoms with Gasteiger partial charge >= 0.3 is 11.8 Å². The molecule has 0 saturated carbocycles. The Hall–Kier alpha value is -2.12. The summed E-state index contributed by atoms with van der Waals surface area (Å²) in [7, 11) is 0. The monoisotopic (exact) mass is 310 g/mol. The molecule has 2 atom stereocenters. The van der Waals surface area contributed by atoms with Crippen LogP contribution in [0, 0.1) is 0 Å². The van der Waals surface area contributed by atoms with E-state index in [9.17, 15) is 9.59 Å². The maximum Gasteiger partial charge on any atom is 0.303 e. The van der Waals surface area contributed by atoms with Crippen LogP contribution >= 0.6 is 0 Å². The third-order valence-electron chi connectivity index (χ3n) is 3.73. The number of hydrogen-bond donors (Lipinski definition) is 2. The van der Waals surface area contributed by atoms with Crippen molar-refractivity contribution in [1.82, 2.24) is 0 Å². The largest absolute Gasteiger partial charge is 0.474 e. The summed E-state index contributed by atoms with van der Waals surface area (Å²) in [6, 6.07) is 0.186. The number of hydrogen-bond acceptors (Lipinski definition) is 6. The van der Waals surface area contributed by atoms with Crippen molar-refractivity contribution in [2.24, 2.45) is 21.5 Å². The summed E-state index contributed by atoms with van der Waals surface area (Å²) in [5.74, 6) is -1.15. The quantitative estimate of drug-likeness (QED) is 0.635. The number of amides is 2. The highest BCUT2D eigenvalue weighted by Crippen LogP contribution is 2.18. The van der Waals surface area contributed by atoms with Crippen LogP contribution < -0.4 is 11.5 Å². The number of nitrogens with two attached hydrogens (primary N) is 2. The Morgan fingerprint density at radius 2 is 1.32 bits per heavy atom. The van der Waals surface area contributed by atoms with Gasteiger partial charge in [0.05, 0.1) is 25.3 Å². The van der Waals surface area contributed by atoms with E-state index in [1.165, 1.54) is 0 Å². The van der Waals surface area contributed by atoms with Gasteiger partial charge in [0.2, 0.25) is 0 Å². The molecule has 0 fully saturated rings. The highest BCUT2D eigenvalue weighted by atomic mass is 16.5. The van der Waals surface area contributed by atoms with E-state index in [-0.39, 0.29) is 23.9 Å². The zero-order valence-electron chi connectivity index (χ0n) is 12.5. The second-order valence-corrected chi connectivity index (χ2v) is 5.46. The van der Waals surface area contributed by atoms with Gasteiger partial charge in [-0.05, 0) is 12.8 Å². The van der Waals surface area contributed by atoms with Crippen molar-refractivity contribution in [3.05, 3.63) is 0 Å². The summed E-state index contributed by atoms with van der Waals surface area (Å²) in [6.45, 7) is 0.970. The minimum absolute atomic E-state index is 0.0383. The Morgan fingerprint density at radius 3 is 1.68 bits per heavy atom. The molecule has 0 aromatic carbocycles. The molecule has 0 aromatic rings. The number of carbonyl (C=O) groups excluding carboxylic acids is 2. The lowest BCUT2D eigenvalue weighted by atomic mass is 10.0. The van der Waals surface area contributed by atoms with E-state index in [2.05, 4.69) is 9.98 Å². The normalized spacial score (nSPS) is 24.5. The van der Waals surface area contributed by atoms with Gasteiger partial charge in [-0.2, -0.15) is 0 Å². The molecule has 2 unspecified atom stereocenters. The Labute approximate surface area is 128 Å². The van der Waals surface area contributed by atoms with Crippen molar-refractivity contribution in [3.63, 3.8) is 0 Å². The first kappa shape index (κ1) is 16.3.